The second kappa shape index (κ2) is 15.5. The fourth-order valence-electron chi connectivity index (χ4n) is 4.39. The average molecular weight is 632 g/mol. The lowest BCUT2D eigenvalue weighted by Gasteiger charge is -2.14. The van der Waals surface area contributed by atoms with Crippen molar-refractivity contribution in [3.63, 3.8) is 0 Å². The number of benzene rings is 4. The van der Waals surface area contributed by atoms with E-state index in [1.54, 1.807) is 54.6 Å². The second-order valence-electron chi connectivity index (χ2n) is 10.1. The molecule has 3 amide bonds. The molecule has 0 aliphatic carbocycles. The highest BCUT2D eigenvalue weighted by Crippen LogP contribution is 2.27. The first-order chi connectivity index (χ1) is 22.4. The van der Waals surface area contributed by atoms with E-state index in [1.807, 2.05) is 80.6 Å². The van der Waals surface area contributed by atoms with Gasteiger partial charge in [-0.15, -0.1) is 11.8 Å². The van der Waals surface area contributed by atoms with E-state index in [1.165, 1.54) is 17.8 Å². The van der Waals surface area contributed by atoms with Gasteiger partial charge in [-0.1, -0.05) is 48.5 Å². The largest absolute Gasteiger partial charge is 0.494 e. The number of nitrogens with one attached hydrogen (secondary N) is 3. The zero-order valence-electron chi connectivity index (χ0n) is 25.4. The van der Waals surface area contributed by atoms with Crippen LogP contribution < -0.4 is 20.7 Å². The molecule has 0 fully saturated rings. The summed E-state index contributed by atoms with van der Waals surface area (Å²) in [4.78, 5) is 40.0. The number of hydrogen-bond donors (Lipinski definition) is 3. The Bertz CT molecular complexity index is 1800. The summed E-state index contributed by atoms with van der Waals surface area (Å²) in [7, 11) is 0. The number of carbonyl (C=O) groups is 3. The van der Waals surface area contributed by atoms with Crippen molar-refractivity contribution in [2.24, 2.45) is 0 Å². The zero-order chi connectivity index (χ0) is 32.3. The summed E-state index contributed by atoms with van der Waals surface area (Å²) in [5.41, 5.74) is 2.52. The second-order valence-corrected chi connectivity index (χ2v) is 11.5. The molecule has 3 N–H and O–H groups in total. The van der Waals surface area contributed by atoms with Gasteiger partial charge in [0.25, 0.3) is 11.8 Å². The maximum Gasteiger partial charge on any atom is 0.272 e. The quantitative estimate of drug-likeness (QED) is 0.0955. The smallest absolute Gasteiger partial charge is 0.272 e. The molecule has 8 nitrogen and oxygen atoms in total. The third-order valence-electron chi connectivity index (χ3n) is 6.73. The van der Waals surface area contributed by atoms with Gasteiger partial charge in [-0.25, -0.2) is 0 Å². The summed E-state index contributed by atoms with van der Waals surface area (Å²) >= 11 is 1.39. The Morgan fingerprint density at radius 3 is 2.09 bits per heavy atom. The van der Waals surface area contributed by atoms with E-state index in [4.69, 9.17) is 9.15 Å². The minimum Gasteiger partial charge on any atom is -0.494 e. The van der Waals surface area contributed by atoms with E-state index in [2.05, 4.69) is 16.0 Å². The third kappa shape index (κ3) is 8.77. The van der Waals surface area contributed by atoms with Crippen molar-refractivity contribution in [2.75, 3.05) is 17.2 Å². The van der Waals surface area contributed by atoms with Crippen molar-refractivity contribution in [3.05, 3.63) is 138 Å². The number of thioether (sulfide) groups is 1. The lowest BCUT2D eigenvalue weighted by atomic mass is 10.2. The van der Waals surface area contributed by atoms with Crippen LogP contribution in [-0.4, -0.2) is 29.6 Å². The molecule has 0 bridgehead atoms. The molecule has 0 saturated carbocycles. The topological polar surface area (TPSA) is 110 Å². The van der Waals surface area contributed by atoms with E-state index >= 15 is 0 Å². The van der Waals surface area contributed by atoms with Crippen molar-refractivity contribution in [1.29, 1.82) is 0 Å². The Balaban J connectivity index is 1.25. The van der Waals surface area contributed by atoms with Crippen molar-refractivity contribution in [2.45, 2.75) is 24.0 Å². The average Bonchev–Trinajstić information content (AvgIpc) is 3.55. The number of furan rings is 1. The SMILES string of the molecule is CCOc1ccc(NC(=O)[C@H](C)Sc2ccc(NC(=O)/C(=C/c3ccc(-c4ccccc4)o3)NC(=O)c3ccccc3)cc2)cc1. The van der Waals surface area contributed by atoms with E-state index < -0.39 is 11.8 Å². The highest BCUT2D eigenvalue weighted by atomic mass is 32.2. The number of rotatable bonds is 12. The molecule has 232 valence electrons. The summed E-state index contributed by atoms with van der Waals surface area (Å²) in [5, 5.41) is 8.12. The van der Waals surface area contributed by atoms with Gasteiger partial charge in [0.1, 0.15) is 23.0 Å². The molecule has 0 radical (unpaired) electrons. The third-order valence-corrected chi connectivity index (χ3v) is 7.84. The molecule has 0 spiro atoms. The maximum atomic E-state index is 13.4. The normalized spacial score (nSPS) is 11.7. The minimum absolute atomic E-state index is 0.0147. The molecule has 5 rings (SSSR count). The van der Waals surface area contributed by atoms with Crippen LogP contribution in [0.4, 0.5) is 11.4 Å². The Hall–Kier alpha value is -5.54. The summed E-state index contributed by atoms with van der Waals surface area (Å²) in [6.45, 7) is 4.32. The fourth-order valence-corrected chi connectivity index (χ4v) is 5.26. The summed E-state index contributed by atoms with van der Waals surface area (Å²) in [5.74, 6) is 0.697. The number of ether oxygens (including phenoxy) is 1. The van der Waals surface area contributed by atoms with Crippen LogP contribution in [0, 0.1) is 0 Å². The number of hydrogen-bond acceptors (Lipinski definition) is 6. The Kier molecular flexibility index (Phi) is 10.7. The molecule has 9 heteroatoms. The van der Waals surface area contributed by atoms with Crippen LogP contribution in [0.3, 0.4) is 0 Å². The first-order valence-corrected chi connectivity index (χ1v) is 15.6. The number of carbonyl (C=O) groups excluding carboxylic acids is 3. The van der Waals surface area contributed by atoms with E-state index in [9.17, 15) is 14.4 Å². The first kappa shape index (κ1) is 31.9. The van der Waals surface area contributed by atoms with Crippen LogP contribution in [0.15, 0.2) is 136 Å². The predicted octanol–water partition coefficient (Wildman–Crippen LogP) is 7.87. The van der Waals surface area contributed by atoms with Gasteiger partial charge in [0.2, 0.25) is 5.91 Å². The minimum atomic E-state index is -0.523. The lowest BCUT2D eigenvalue weighted by molar-refractivity contribution is -0.115. The van der Waals surface area contributed by atoms with E-state index in [-0.39, 0.29) is 16.9 Å². The molecule has 1 atom stereocenters. The molecule has 0 unspecified atom stereocenters. The molecular formula is C37H33N3O5S. The standard InChI is InChI=1S/C37H33N3O5S/c1-3-44-30-18-14-28(15-19-30)38-35(41)25(2)46-32-21-16-29(17-22-32)39-37(43)33(40-36(42)27-12-8-5-9-13-27)24-31-20-23-34(45-31)26-10-6-4-7-11-26/h4-25H,3H2,1-2H3,(H,38,41)(H,39,43)(H,40,42)/b33-24-/t25-/m0/s1. The Morgan fingerprint density at radius 2 is 1.41 bits per heavy atom. The molecular weight excluding hydrogens is 598 g/mol. The van der Waals surface area contributed by atoms with Crippen molar-refractivity contribution in [1.82, 2.24) is 5.32 Å². The molecule has 1 aromatic heterocycles. The van der Waals surface area contributed by atoms with Crippen molar-refractivity contribution < 1.29 is 23.5 Å². The maximum absolute atomic E-state index is 13.4. The monoisotopic (exact) mass is 631 g/mol. The van der Waals surface area contributed by atoms with Gasteiger partial charge in [0, 0.05) is 33.5 Å². The molecule has 4 aromatic carbocycles. The molecule has 0 aliphatic rings. The summed E-state index contributed by atoms with van der Waals surface area (Å²) in [6.07, 6.45) is 1.50. The van der Waals surface area contributed by atoms with Gasteiger partial charge in [0.05, 0.1) is 11.9 Å². The van der Waals surface area contributed by atoms with Gasteiger partial charge < -0.3 is 25.1 Å². The van der Waals surface area contributed by atoms with Crippen molar-refractivity contribution >= 4 is 46.9 Å². The van der Waals surface area contributed by atoms with Gasteiger partial charge in [-0.3, -0.25) is 14.4 Å². The zero-order valence-corrected chi connectivity index (χ0v) is 26.2. The van der Waals surface area contributed by atoms with Gasteiger partial charge in [-0.2, -0.15) is 0 Å². The lowest BCUT2D eigenvalue weighted by Crippen LogP contribution is -2.30. The Morgan fingerprint density at radius 1 is 0.783 bits per heavy atom. The molecule has 0 aliphatic heterocycles. The first-order valence-electron chi connectivity index (χ1n) is 14.7. The van der Waals surface area contributed by atoms with E-state index in [0.717, 1.165) is 16.2 Å². The number of amides is 3. The van der Waals surface area contributed by atoms with Gasteiger partial charge in [-0.05, 0) is 86.6 Å². The van der Waals surface area contributed by atoms with Gasteiger partial charge >= 0.3 is 0 Å². The van der Waals surface area contributed by atoms with E-state index in [0.29, 0.717) is 35.1 Å². The van der Waals surface area contributed by atoms with Crippen LogP contribution in [0.5, 0.6) is 5.75 Å². The van der Waals surface area contributed by atoms with Crippen molar-refractivity contribution in [3.8, 4) is 17.1 Å². The van der Waals surface area contributed by atoms with Crippen LogP contribution >= 0.6 is 11.8 Å². The van der Waals surface area contributed by atoms with Crippen LogP contribution in [-0.2, 0) is 9.59 Å². The Labute approximate surface area is 271 Å². The molecule has 46 heavy (non-hydrogen) atoms. The van der Waals surface area contributed by atoms with Crippen LogP contribution in [0.2, 0.25) is 0 Å². The fraction of sp³-hybridized carbons (Fsp3) is 0.108. The summed E-state index contributed by atoms with van der Waals surface area (Å²) in [6, 6.07) is 36.2. The van der Waals surface area contributed by atoms with Crippen LogP contribution in [0.1, 0.15) is 30.0 Å². The van der Waals surface area contributed by atoms with Crippen LogP contribution in [0.25, 0.3) is 17.4 Å². The number of anilines is 2. The molecule has 0 saturated heterocycles. The predicted molar refractivity (Wildman–Crippen MR) is 183 cm³/mol. The molecule has 1 heterocycles. The van der Waals surface area contributed by atoms with Gasteiger partial charge in [0.15, 0.2) is 0 Å². The summed E-state index contributed by atoms with van der Waals surface area (Å²) < 4.78 is 11.4. The molecule has 5 aromatic rings. The highest BCUT2D eigenvalue weighted by molar-refractivity contribution is 8.00. The highest BCUT2D eigenvalue weighted by Gasteiger charge is 2.18.